The van der Waals surface area contributed by atoms with E-state index in [4.69, 9.17) is 27.9 Å². The Morgan fingerprint density at radius 2 is 1.83 bits per heavy atom. The third kappa shape index (κ3) is 7.13. The maximum absolute atomic E-state index is 13.5. The number of hydrogen-bond acceptors (Lipinski definition) is 6. The molecule has 0 fully saturated rings. The minimum absolute atomic E-state index is 0.00298. The minimum atomic E-state index is -4.09. The quantitative estimate of drug-likeness (QED) is 0.355. The zero-order chi connectivity index (χ0) is 26.1. The summed E-state index contributed by atoms with van der Waals surface area (Å²) in [5, 5.41) is 10.5. The van der Waals surface area contributed by atoms with Gasteiger partial charge in [-0.3, -0.25) is 4.31 Å². The number of benzene rings is 2. The smallest absolute Gasteiger partial charge is 0.409 e. The molecule has 9 nitrogen and oxygen atoms in total. The molecule has 2 aromatic carbocycles. The number of carbonyl (C=O) groups is 1. The Kier molecular flexibility index (Phi) is 10.0. The number of aromatic nitrogens is 2. The van der Waals surface area contributed by atoms with Crippen LogP contribution in [0.1, 0.15) is 18.9 Å². The number of imidazole rings is 1. The van der Waals surface area contributed by atoms with E-state index in [1.807, 2.05) is 17.7 Å². The molecule has 0 unspecified atom stereocenters. The van der Waals surface area contributed by atoms with Gasteiger partial charge in [0.25, 0.3) is 10.0 Å². The third-order valence-corrected chi connectivity index (χ3v) is 7.77. The van der Waals surface area contributed by atoms with Crippen molar-refractivity contribution < 1.29 is 23.1 Å². The van der Waals surface area contributed by atoms with Gasteiger partial charge in [0, 0.05) is 47.6 Å². The van der Waals surface area contributed by atoms with Crippen LogP contribution in [0.5, 0.6) is 0 Å². The first-order valence-electron chi connectivity index (χ1n) is 11.3. The molecule has 3 rings (SSSR count). The molecule has 36 heavy (non-hydrogen) atoms. The summed E-state index contributed by atoms with van der Waals surface area (Å²) >= 11 is 12.1. The molecule has 0 bridgehead atoms. The standard InChI is InChI=1S/C24H28Cl2N4O5S/c1-2-29(12-3-11-28-13-10-27-18-28)24(32)35-15-14-30(23-16-21(26)5-4-19(23)17-31)36(33,34)22-8-6-20(25)7-9-22/h4-10,13,16,18,31H,2-3,11-12,14-15,17H2,1H3. The molecule has 0 saturated carbocycles. The van der Waals surface area contributed by atoms with Crippen molar-refractivity contribution in [1.29, 1.82) is 0 Å². The third-order valence-electron chi connectivity index (χ3n) is 5.45. The van der Waals surface area contributed by atoms with Crippen LogP contribution in [-0.2, 0) is 27.9 Å². The van der Waals surface area contributed by atoms with E-state index in [9.17, 15) is 18.3 Å². The molecule has 0 radical (unpaired) electrons. The molecule has 12 heteroatoms. The first-order valence-corrected chi connectivity index (χ1v) is 13.5. The summed E-state index contributed by atoms with van der Waals surface area (Å²) in [6.45, 7) is 2.67. The van der Waals surface area contributed by atoms with Gasteiger partial charge < -0.3 is 19.3 Å². The molecule has 0 aliphatic carbocycles. The lowest BCUT2D eigenvalue weighted by atomic mass is 10.2. The molecular weight excluding hydrogens is 527 g/mol. The summed E-state index contributed by atoms with van der Waals surface area (Å²) in [7, 11) is -4.09. The van der Waals surface area contributed by atoms with Crippen molar-refractivity contribution in [2.24, 2.45) is 0 Å². The van der Waals surface area contributed by atoms with E-state index in [2.05, 4.69) is 4.98 Å². The predicted octanol–water partition coefficient (Wildman–Crippen LogP) is 4.43. The summed E-state index contributed by atoms with van der Waals surface area (Å²) in [5.41, 5.74) is 0.557. The average Bonchev–Trinajstić information content (AvgIpc) is 3.38. The fourth-order valence-electron chi connectivity index (χ4n) is 3.56. The summed E-state index contributed by atoms with van der Waals surface area (Å²) in [5.74, 6) is 0. The van der Waals surface area contributed by atoms with Crippen molar-refractivity contribution in [2.75, 3.05) is 30.5 Å². The molecule has 0 aliphatic heterocycles. The van der Waals surface area contributed by atoms with Crippen molar-refractivity contribution in [2.45, 2.75) is 31.4 Å². The molecule has 1 heterocycles. The molecule has 0 saturated heterocycles. The lowest BCUT2D eigenvalue weighted by Crippen LogP contribution is -2.38. The number of nitrogens with zero attached hydrogens (tertiary/aromatic N) is 4. The van der Waals surface area contributed by atoms with Crippen molar-refractivity contribution >= 4 is 45.0 Å². The number of rotatable bonds is 12. The highest BCUT2D eigenvalue weighted by molar-refractivity contribution is 7.92. The van der Waals surface area contributed by atoms with Crippen LogP contribution in [0.2, 0.25) is 10.0 Å². The van der Waals surface area contributed by atoms with Gasteiger partial charge >= 0.3 is 6.09 Å². The number of aliphatic hydroxyl groups is 1. The Labute approximate surface area is 220 Å². The van der Waals surface area contributed by atoms with Gasteiger partial charge in [0.2, 0.25) is 0 Å². The first-order chi connectivity index (χ1) is 17.3. The molecule has 1 amide bonds. The lowest BCUT2D eigenvalue weighted by molar-refractivity contribution is 0.106. The minimum Gasteiger partial charge on any atom is -0.447 e. The Morgan fingerprint density at radius 1 is 1.11 bits per heavy atom. The fourth-order valence-corrected chi connectivity index (χ4v) is 5.33. The van der Waals surface area contributed by atoms with Crippen LogP contribution in [0, 0.1) is 0 Å². The Balaban J connectivity index is 1.74. The van der Waals surface area contributed by atoms with Crippen molar-refractivity contribution in [3.8, 4) is 0 Å². The molecule has 1 aromatic heterocycles. The molecule has 3 aromatic rings. The van der Waals surface area contributed by atoms with Crippen molar-refractivity contribution in [1.82, 2.24) is 14.5 Å². The van der Waals surface area contributed by atoms with Gasteiger partial charge in [0.1, 0.15) is 6.61 Å². The number of ether oxygens (including phenoxy) is 1. The van der Waals surface area contributed by atoms with Crippen LogP contribution < -0.4 is 4.31 Å². The van der Waals surface area contributed by atoms with E-state index in [-0.39, 0.29) is 23.7 Å². The highest BCUT2D eigenvalue weighted by Crippen LogP contribution is 2.30. The number of amides is 1. The number of anilines is 1. The highest BCUT2D eigenvalue weighted by Gasteiger charge is 2.27. The summed E-state index contributed by atoms with van der Waals surface area (Å²) < 4.78 is 35.5. The zero-order valence-corrected chi connectivity index (χ0v) is 22.1. The monoisotopic (exact) mass is 554 g/mol. The van der Waals surface area contributed by atoms with Crippen LogP contribution >= 0.6 is 23.2 Å². The van der Waals surface area contributed by atoms with Gasteiger partial charge in [0.15, 0.2) is 0 Å². The molecule has 0 spiro atoms. The number of sulfonamides is 1. The maximum Gasteiger partial charge on any atom is 0.409 e. The fraction of sp³-hybridized carbons (Fsp3) is 0.333. The molecule has 1 N–H and O–H groups in total. The number of hydrogen-bond donors (Lipinski definition) is 1. The predicted molar refractivity (Wildman–Crippen MR) is 139 cm³/mol. The second-order valence-electron chi connectivity index (χ2n) is 7.81. The van der Waals surface area contributed by atoms with Crippen molar-refractivity contribution in [3.63, 3.8) is 0 Å². The van der Waals surface area contributed by atoms with E-state index in [0.29, 0.717) is 41.7 Å². The molecule has 0 atom stereocenters. The second kappa shape index (κ2) is 13.0. The van der Waals surface area contributed by atoms with E-state index >= 15 is 0 Å². The van der Waals surface area contributed by atoms with Gasteiger partial charge in [0.05, 0.1) is 30.1 Å². The summed E-state index contributed by atoms with van der Waals surface area (Å²) in [6.07, 6.45) is 5.42. The second-order valence-corrected chi connectivity index (χ2v) is 10.5. The van der Waals surface area contributed by atoms with Gasteiger partial charge in [-0.15, -0.1) is 0 Å². The topological polar surface area (TPSA) is 105 Å². The SMILES string of the molecule is CCN(CCCn1ccnc1)C(=O)OCCN(c1cc(Cl)ccc1CO)S(=O)(=O)c1ccc(Cl)cc1. The van der Waals surface area contributed by atoms with Gasteiger partial charge in [-0.2, -0.15) is 0 Å². The van der Waals surface area contributed by atoms with Crippen LogP contribution in [0.15, 0.2) is 66.1 Å². The summed E-state index contributed by atoms with van der Waals surface area (Å²) in [6, 6.07) is 10.3. The van der Waals surface area contributed by atoms with Crippen molar-refractivity contribution in [3.05, 3.63) is 76.8 Å². The molecule has 194 valence electrons. The van der Waals surface area contributed by atoms with Crippen LogP contribution in [0.3, 0.4) is 0 Å². The highest BCUT2D eigenvalue weighted by atomic mass is 35.5. The van der Waals surface area contributed by atoms with E-state index in [1.165, 1.54) is 30.3 Å². The summed E-state index contributed by atoms with van der Waals surface area (Å²) in [4.78, 5) is 18.2. The average molecular weight is 555 g/mol. The van der Waals surface area contributed by atoms with E-state index in [1.54, 1.807) is 29.6 Å². The van der Waals surface area contributed by atoms with Gasteiger partial charge in [-0.25, -0.2) is 18.2 Å². The van der Waals surface area contributed by atoms with E-state index in [0.717, 1.165) is 4.31 Å². The largest absolute Gasteiger partial charge is 0.447 e. The lowest BCUT2D eigenvalue weighted by Gasteiger charge is -2.27. The van der Waals surface area contributed by atoms with Gasteiger partial charge in [-0.05, 0) is 49.7 Å². The van der Waals surface area contributed by atoms with Gasteiger partial charge in [-0.1, -0.05) is 29.3 Å². The van der Waals surface area contributed by atoms with Crippen LogP contribution in [0.25, 0.3) is 0 Å². The van der Waals surface area contributed by atoms with Crippen LogP contribution in [-0.4, -0.2) is 60.3 Å². The first kappa shape index (κ1) is 27.8. The Morgan fingerprint density at radius 3 is 2.47 bits per heavy atom. The van der Waals surface area contributed by atoms with E-state index < -0.39 is 22.7 Å². The molecular formula is C24H28Cl2N4O5S. The Bertz CT molecular complexity index is 1240. The molecule has 0 aliphatic rings. The maximum atomic E-state index is 13.5. The normalized spacial score (nSPS) is 11.3. The number of carbonyl (C=O) groups excluding carboxylic acids is 1. The Hall–Kier alpha value is -2.79. The number of aryl methyl sites for hydroxylation is 1. The number of aliphatic hydroxyl groups excluding tert-OH is 1. The zero-order valence-electron chi connectivity index (χ0n) is 19.8. The van der Waals surface area contributed by atoms with Crippen LogP contribution in [0.4, 0.5) is 10.5 Å². The number of halogens is 2.